The summed E-state index contributed by atoms with van der Waals surface area (Å²) in [4.78, 5) is 11.0. The minimum absolute atomic E-state index is 0.0193. The Balaban J connectivity index is 2.43. The second-order valence-corrected chi connectivity index (χ2v) is 6.88. The summed E-state index contributed by atoms with van der Waals surface area (Å²) in [5.41, 5.74) is -1.35. The number of carboxylic acids is 1. The van der Waals surface area contributed by atoms with Crippen molar-refractivity contribution in [1.82, 2.24) is 14.1 Å². The maximum atomic E-state index is 12.9. The Morgan fingerprint density at radius 1 is 1.45 bits per heavy atom. The van der Waals surface area contributed by atoms with Gasteiger partial charge in [-0.05, 0) is 12.8 Å². The van der Waals surface area contributed by atoms with Crippen LogP contribution in [0.15, 0.2) is 11.2 Å². The molecule has 0 aromatic carbocycles. The first-order valence-corrected chi connectivity index (χ1v) is 7.81. The van der Waals surface area contributed by atoms with Gasteiger partial charge in [0.1, 0.15) is 5.56 Å². The van der Waals surface area contributed by atoms with Crippen LogP contribution in [-0.2, 0) is 28.0 Å². The van der Waals surface area contributed by atoms with Crippen LogP contribution in [-0.4, -0.2) is 46.7 Å². The van der Waals surface area contributed by atoms with Crippen LogP contribution in [0.5, 0.6) is 0 Å². The SMILES string of the molecule is Cn1ncc(C(F)(F)F)c1S(=O)(=O)N1CCCC(C(=O)O)C1. The van der Waals surface area contributed by atoms with Crippen molar-refractivity contribution >= 4 is 16.0 Å². The van der Waals surface area contributed by atoms with E-state index in [0.717, 1.165) is 11.4 Å². The van der Waals surface area contributed by atoms with Gasteiger partial charge in [-0.25, -0.2) is 8.42 Å². The number of carboxylic acid groups (broad SMARTS) is 1. The smallest absolute Gasteiger partial charge is 0.420 e. The highest BCUT2D eigenvalue weighted by Gasteiger charge is 2.43. The van der Waals surface area contributed by atoms with Gasteiger partial charge in [0.25, 0.3) is 10.0 Å². The first kappa shape index (κ1) is 16.7. The summed E-state index contributed by atoms with van der Waals surface area (Å²) >= 11 is 0. The zero-order valence-corrected chi connectivity index (χ0v) is 12.4. The Kier molecular flexibility index (Phi) is 4.22. The maximum absolute atomic E-state index is 12.9. The summed E-state index contributed by atoms with van der Waals surface area (Å²) in [5.74, 6) is -2.09. The van der Waals surface area contributed by atoms with Crippen LogP contribution in [0.3, 0.4) is 0 Å². The number of hydrogen-bond acceptors (Lipinski definition) is 4. The predicted octanol–water partition coefficient (Wildman–Crippen LogP) is 0.924. The molecule has 0 radical (unpaired) electrons. The average Bonchev–Trinajstić information content (AvgIpc) is 2.81. The summed E-state index contributed by atoms with van der Waals surface area (Å²) in [6.45, 7) is -0.366. The summed E-state index contributed by atoms with van der Waals surface area (Å²) in [6, 6.07) is 0. The molecule has 1 unspecified atom stereocenters. The Labute approximate surface area is 124 Å². The Bertz CT molecular complexity index is 683. The molecule has 2 rings (SSSR count). The van der Waals surface area contributed by atoms with Crippen LogP contribution in [0.4, 0.5) is 13.2 Å². The zero-order valence-electron chi connectivity index (χ0n) is 11.5. The largest absolute Gasteiger partial charge is 0.481 e. The number of carbonyl (C=O) groups is 1. The molecule has 0 aliphatic carbocycles. The van der Waals surface area contributed by atoms with Crippen molar-refractivity contribution in [2.24, 2.45) is 13.0 Å². The number of rotatable bonds is 3. The van der Waals surface area contributed by atoms with Gasteiger partial charge < -0.3 is 5.11 Å². The molecule has 0 spiro atoms. The highest BCUT2D eigenvalue weighted by Crippen LogP contribution is 2.35. The van der Waals surface area contributed by atoms with E-state index in [9.17, 15) is 26.4 Å². The fraction of sp³-hybridized carbons (Fsp3) is 0.636. The quantitative estimate of drug-likeness (QED) is 0.883. The van der Waals surface area contributed by atoms with Crippen LogP contribution >= 0.6 is 0 Å². The van der Waals surface area contributed by atoms with Gasteiger partial charge in [0.15, 0.2) is 5.03 Å². The van der Waals surface area contributed by atoms with Gasteiger partial charge in [0.2, 0.25) is 0 Å². The number of aryl methyl sites for hydroxylation is 1. The lowest BCUT2D eigenvalue weighted by atomic mass is 10.0. The van der Waals surface area contributed by atoms with E-state index in [1.54, 1.807) is 0 Å². The molecule has 0 bridgehead atoms. The van der Waals surface area contributed by atoms with Crippen LogP contribution in [0.2, 0.25) is 0 Å². The maximum Gasteiger partial charge on any atom is 0.420 e. The minimum Gasteiger partial charge on any atom is -0.481 e. The van der Waals surface area contributed by atoms with Crippen LogP contribution in [0.1, 0.15) is 18.4 Å². The van der Waals surface area contributed by atoms with Crippen LogP contribution in [0, 0.1) is 5.92 Å². The highest BCUT2D eigenvalue weighted by atomic mass is 32.2. The molecule has 1 aliphatic heterocycles. The lowest BCUT2D eigenvalue weighted by Crippen LogP contribution is -2.43. The number of nitrogens with zero attached hydrogens (tertiary/aromatic N) is 3. The first-order chi connectivity index (χ1) is 10.0. The topological polar surface area (TPSA) is 92.5 Å². The number of alkyl halides is 3. The Hall–Kier alpha value is -1.62. The van der Waals surface area contributed by atoms with Gasteiger partial charge >= 0.3 is 12.1 Å². The van der Waals surface area contributed by atoms with E-state index < -0.39 is 38.7 Å². The molecule has 1 saturated heterocycles. The standard InChI is InChI=1S/C11H14F3N3O4S/c1-16-9(8(5-15-16)11(12,13)14)22(20,21)17-4-2-3-7(6-17)10(18)19/h5,7H,2-4,6H2,1H3,(H,18,19). The molecule has 7 nitrogen and oxygen atoms in total. The third-order valence-corrected chi connectivity index (χ3v) is 5.49. The summed E-state index contributed by atoms with van der Waals surface area (Å²) < 4.78 is 65.2. The number of sulfonamides is 1. The first-order valence-electron chi connectivity index (χ1n) is 6.37. The molecule has 0 saturated carbocycles. The lowest BCUT2D eigenvalue weighted by molar-refractivity contribution is -0.143. The fourth-order valence-corrected chi connectivity index (χ4v) is 4.23. The lowest BCUT2D eigenvalue weighted by Gasteiger charge is -2.30. The summed E-state index contributed by atoms with van der Waals surface area (Å²) in [5, 5.41) is 11.4. The molecule has 124 valence electrons. The van der Waals surface area contributed by atoms with Crippen LogP contribution < -0.4 is 0 Å². The molecule has 1 aromatic heterocycles. The third kappa shape index (κ3) is 2.95. The molecule has 22 heavy (non-hydrogen) atoms. The molecule has 1 N–H and O–H groups in total. The van der Waals surface area contributed by atoms with Gasteiger partial charge in [-0.15, -0.1) is 0 Å². The van der Waals surface area contributed by atoms with Crippen molar-refractivity contribution in [3.05, 3.63) is 11.8 Å². The van der Waals surface area contributed by atoms with Crippen molar-refractivity contribution in [3.8, 4) is 0 Å². The van der Waals surface area contributed by atoms with Gasteiger partial charge in [-0.3, -0.25) is 9.48 Å². The van der Waals surface area contributed by atoms with E-state index in [2.05, 4.69) is 5.10 Å². The van der Waals surface area contributed by atoms with E-state index in [1.807, 2.05) is 0 Å². The molecule has 11 heteroatoms. The normalized spacial score (nSPS) is 21.0. The highest BCUT2D eigenvalue weighted by molar-refractivity contribution is 7.89. The van der Waals surface area contributed by atoms with E-state index in [4.69, 9.17) is 5.11 Å². The Morgan fingerprint density at radius 2 is 2.09 bits per heavy atom. The average molecular weight is 341 g/mol. The van der Waals surface area contributed by atoms with Crippen molar-refractivity contribution in [2.45, 2.75) is 24.0 Å². The number of aromatic nitrogens is 2. The van der Waals surface area contributed by atoms with E-state index in [-0.39, 0.29) is 19.5 Å². The number of halogens is 3. The Morgan fingerprint density at radius 3 is 2.64 bits per heavy atom. The van der Waals surface area contributed by atoms with Gasteiger partial charge in [-0.2, -0.15) is 22.6 Å². The predicted molar refractivity (Wildman–Crippen MR) is 67.3 cm³/mol. The molecule has 0 amide bonds. The third-order valence-electron chi connectivity index (χ3n) is 3.51. The summed E-state index contributed by atoms with van der Waals surface area (Å²) in [6.07, 6.45) is -3.85. The molecular formula is C11H14F3N3O4S. The van der Waals surface area contributed by atoms with E-state index >= 15 is 0 Å². The molecule has 1 aromatic rings. The summed E-state index contributed by atoms with van der Waals surface area (Å²) in [7, 11) is -3.38. The molecule has 2 heterocycles. The monoisotopic (exact) mass is 341 g/mol. The molecule has 1 fully saturated rings. The molecule has 1 aliphatic rings. The van der Waals surface area contributed by atoms with Crippen LogP contribution in [0.25, 0.3) is 0 Å². The number of piperidine rings is 1. The van der Waals surface area contributed by atoms with E-state index in [1.165, 1.54) is 0 Å². The second kappa shape index (κ2) is 5.54. The van der Waals surface area contributed by atoms with Gasteiger partial charge in [-0.1, -0.05) is 0 Å². The number of aliphatic carboxylic acids is 1. The molecule has 1 atom stereocenters. The van der Waals surface area contributed by atoms with Crippen molar-refractivity contribution in [1.29, 1.82) is 0 Å². The molecular weight excluding hydrogens is 327 g/mol. The fourth-order valence-electron chi connectivity index (χ4n) is 2.41. The second-order valence-electron chi connectivity index (χ2n) is 5.03. The van der Waals surface area contributed by atoms with Crippen molar-refractivity contribution < 1.29 is 31.5 Å². The van der Waals surface area contributed by atoms with Crippen molar-refractivity contribution in [3.63, 3.8) is 0 Å². The zero-order chi connectivity index (χ0) is 16.7. The van der Waals surface area contributed by atoms with Gasteiger partial charge in [0, 0.05) is 20.1 Å². The minimum atomic E-state index is -4.86. The number of hydrogen-bond donors (Lipinski definition) is 1. The van der Waals surface area contributed by atoms with Crippen molar-refractivity contribution in [2.75, 3.05) is 13.1 Å². The van der Waals surface area contributed by atoms with E-state index in [0.29, 0.717) is 17.3 Å². The van der Waals surface area contributed by atoms with Gasteiger partial charge in [0.05, 0.1) is 12.1 Å².